The Morgan fingerprint density at radius 3 is 0.614 bits per heavy atom. The molecule has 0 unspecified atom stereocenters. The normalized spacial score (nSPS) is 18.2. The number of carbonyl (C=O) groups excluding carboxylic acids is 2. The summed E-state index contributed by atoms with van der Waals surface area (Å²) in [6.07, 6.45) is 4.29. The van der Waals surface area contributed by atoms with Gasteiger partial charge in [-0.1, -0.05) is 0 Å². The zero-order valence-electron chi connectivity index (χ0n) is 49.2. The predicted molar refractivity (Wildman–Crippen MR) is 299 cm³/mol. The van der Waals surface area contributed by atoms with Crippen molar-refractivity contribution in [3.05, 3.63) is 85.2 Å². The summed E-state index contributed by atoms with van der Waals surface area (Å²) in [5.74, 6) is 3.92. The van der Waals surface area contributed by atoms with Crippen LogP contribution in [-0.4, -0.2) is 176 Å². The van der Waals surface area contributed by atoms with Crippen molar-refractivity contribution in [3.63, 3.8) is 0 Å². The summed E-state index contributed by atoms with van der Waals surface area (Å²) in [6.45, 7) is 17.9. The molecule has 8 rings (SSSR count). The topological polar surface area (TPSA) is 212 Å². The van der Waals surface area contributed by atoms with Gasteiger partial charge in [-0.2, -0.15) is 9.13 Å². The number of rotatable bonds is 0. The molecule has 6 heterocycles. The van der Waals surface area contributed by atoms with Crippen LogP contribution in [0.3, 0.4) is 0 Å². The molecule has 2 aromatic carbocycles. The van der Waals surface area contributed by atoms with Crippen LogP contribution in [0.5, 0.6) is 34.5 Å². The first-order chi connectivity index (χ1) is 40.7. The fourth-order valence-corrected chi connectivity index (χ4v) is 6.55. The molecule has 4 aliphatic heterocycles. The molecule has 2 aromatic heterocycles. The molecule has 0 amide bonds. The van der Waals surface area contributed by atoms with E-state index in [9.17, 15) is 60.0 Å². The monoisotopic (exact) mass is 1330 g/mol. The van der Waals surface area contributed by atoms with Crippen molar-refractivity contribution < 1.29 is 146 Å². The fourth-order valence-electron chi connectivity index (χ4n) is 6.55. The average Bonchev–Trinajstić information content (AvgIpc) is 2.82. The van der Waals surface area contributed by atoms with Gasteiger partial charge in [0.1, 0.15) is 85.7 Å². The molecule has 0 fully saturated rings. The molecule has 34 heteroatoms. The Morgan fingerprint density at radius 1 is 0.307 bits per heavy atom. The number of benzene rings is 2. The Balaban J connectivity index is 0.000000834. The van der Waals surface area contributed by atoms with Gasteiger partial charge in [-0.05, 0) is 39.8 Å². The molecule has 0 spiro atoms. The molecule has 0 atom stereocenters. The predicted octanol–water partition coefficient (Wildman–Crippen LogP) is 10.9. The molecule has 20 nitrogen and oxygen atoms in total. The minimum Gasteiger partial charge on any atom is -0.491 e. The fraction of sp³-hybridized carbons (Fsp3) is 0.556. The van der Waals surface area contributed by atoms with Crippen molar-refractivity contribution in [1.29, 1.82) is 0 Å². The van der Waals surface area contributed by atoms with Gasteiger partial charge < -0.3 is 86.1 Å². The van der Waals surface area contributed by atoms with Gasteiger partial charge in [-0.15, -0.1) is 0 Å². The number of ether oxygens (including phenoxy) is 15. The maximum atomic E-state index is 9.87. The SMILES string of the molecule is CC(C)=O.CC(C)=O.F[P-](F)(F)(F)(F)F.F[P-](F)(F)(F)(F)F.O.c1c2cc3cc1OCCOCCOCCOCCOc1cc(cc(c1)OCCOCCOCCOCCO3)OCCOCCOCCOCCO2.c1cc[n+]2c(c1)-c1cccc[n+]1CC2. The molecule has 4 aromatic rings. The number of aryl methyl sites for hydroxylation is 2. The second-order valence-corrected chi connectivity index (χ2v) is 22.0. The summed E-state index contributed by atoms with van der Waals surface area (Å²) in [5.41, 5.74) is 2.61. The zero-order chi connectivity index (χ0) is 64.6. The summed E-state index contributed by atoms with van der Waals surface area (Å²) >= 11 is 0. The number of fused-ring (bicyclic) bond motifs is 39. The number of carbonyl (C=O) groups is 2. The van der Waals surface area contributed by atoms with Crippen LogP contribution in [-0.2, 0) is 65.3 Å². The third kappa shape index (κ3) is 53.5. The summed E-state index contributed by atoms with van der Waals surface area (Å²) < 4.78 is 209. The Morgan fingerprint density at radius 2 is 0.455 bits per heavy atom. The molecule has 0 radical (unpaired) electrons. The van der Waals surface area contributed by atoms with E-state index in [0.717, 1.165) is 13.1 Å². The van der Waals surface area contributed by atoms with Crippen LogP contribution >= 0.6 is 15.6 Å². The number of ketones is 2. The molecule has 6 bridgehead atoms. The Hall–Kier alpha value is -5.50. The molecule has 88 heavy (non-hydrogen) atoms. The largest absolute Gasteiger partial charge is 0.491 e. The summed E-state index contributed by atoms with van der Waals surface area (Å²) in [7, 11) is -21.3. The molecule has 4 aliphatic rings. The molecular weight excluding hydrogens is 1250 g/mol. The van der Waals surface area contributed by atoms with Crippen LogP contribution in [0.4, 0.5) is 50.4 Å². The number of aromatic nitrogens is 2. The number of nitrogens with zero attached hydrogens (tertiary/aromatic N) is 2. The smallest absolute Gasteiger partial charge is 0.277 e. The van der Waals surface area contributed by atoms with Gasteiger partial charge in [-0.3, -0.25) is 0 Å². The van der Waals surface area contributed by atoms with Crippen LogP contribution < -0.4 is 37.6 Å². The molecule has 0 saturated heterocycles. The van der Waals surface area contributed by atoms with Crippen LogP contribution in [0.25, 0.3) is 11.4 Å². The second-order valence-electron chi connectivity index (χ2n) is 18.2. The second kappa shape index (κ2) is 39.6. The van der Waals surface area contributed by atoms with Crippen molar-refractivity contribution in [3.8, 4) is 45.9 Å². The van der Waals surface area contributed by atoms with Crippen molar-refractivity contribution in [2.45, 2.75) is 40.8 Å². The van der Waals surface area contributed by atoms with Crippen LogP contribution in [0.2, 0.25) is 0 Å². The van der Waals surface area contributed by atoms with E-state index in [1.54, 1.807) is 0 Å². The quantitative estimate of drug-likeness (QED) is 0.0693. The minimum atomic E-state index is -10.7. The van der Waals surface area contributed by atoms with Gasteiger partial charge in [0.25, 0.3) is 11.4 Å². The zero-order valence-corrected chi connectivity index (χ0v) is 51.0. The Labute approximate surface area is 502 Å². The van der Waals surface area contributed by atoms with Gasteiger partial charge in [0.15, 0.2) is 12.4 Å². The molecule has 0 aliphatic carbocycles. The first-order valence-electron chi connectivity index (χ1n) is 27.0. The van der Waals surface area contributed by atoms with E-state index < -0.39 is 15.6 Å². The summed E-state index contributed by atoms with van der Waals surface area (Å²) in [5, 5.41) is 0. The first kappa shape index (κ1) is 80.5. The van der Waals surface area contributed by atoms with Gasteiger partial charge in [0, 0.05) is 60.7 Å². The van der Waals surface area contributed by atoms with E-state index in [1.165, 1.54) is 39.1 Å². The molecule has 0 saturated carbocycles. The van der Waals surface area contributed by atoms with Crippen molar-refractivity contribution >= 4 is 27.2 Å². The van der Waals surface area contributed by atoms with Gasteiger partial charge >= 0.3 is 66.0 Å². The standard InChI is InChI=1S/C36H54O15.C12H12N2.2C3H6O.2F6P.H2O/c1-7-40-13-19-46-31-25-32-27-33(26-31)49-22-16-43-10-4-39-6-12-45-18-24-51-36-29-34(47-20-14-41-8-2-37-1)28-35(30-36)50-23-17-44-11-5-38-3-9-42-15-21-48-32;1-3-7-13-9-10-14-8-4-2-6-12(14)11(13)5-1;2*1-3(2)4;2*1-7(2,3,4,5)6;/h25-30H,1-24H2;1-8H,9-10H2;2*1-2H3;;;1H2/q;+2;;;2*-1;. The number of hydrogen-bond donors (Lipinski definition) is 0. The summed E-state index contributed by atoms with van der Waals surface area (Å²) in [4.78, 5) is 18.9. The maximum absolute atomic E-state index is 10.7. The molecular formula is C54H80F12N2O18P2. The van der Waals surface area contributed by atoms with Crippen LogP contribution in [0, 0.1) is 0 Å². The Bertz CT molecular complexity index is 2220. The van der Waals surface area contributed by atoms with E-state index >= 15 is 0 Å². The van der Waals surface area contributed by atoms with E-state index in [4.69, 9.17) is 71.1 Å². The van der Waals surface area contributed by atoms with E-state index in [1.807, 2.05) is 36.4 Å². The first-order valence-corrected chi connectivity index (χ1v) is 31.0. The van der Waals surface area contributed by atoms with Crippen molar-refractivity contribution in [2.75, 3.05) is 159 Å². The number of Topliss-reactive ketones (excluding diaryl/α,β-unsaturated/α-hetero) is 2. The van der Waals surface area contributed by atoms with E-state index in [2.05, 4.69) is 57.9 Å². The third-order valence-corrected chi connectivity index (χ3v) is 9.64. The van der Waals surface area contributed by atoms with Gasteiger partial charge in [0.2, 0.25) is 13.1 Å². The number of hydrogen-bond acceptors (Lipinski definition) is 17. The van der Waals surface area contributed by atoms with Crippen LogP contribution in [0.1, 0.15) is 27.7 Å². The maximum Gasteiger partial charge on any atom is 0.277 e. The van der Waals surface area contributed by atoms with Crippen LogP contribution in [0.15, 0.2) is 85.2 Å². The van der Waals surface area contributed by atoms with E-state index in [-0.39, 0.29) is 17.0 Å². The van der Waals surface area contributed by atoms with Crippen molar-refractivity contribution in [1.82, 2.24) is 0 Å². The summed E-state index contributed by atoms with van der Waals surface area (Å²) in [6, 6.07) is 23.5. The minimum absolute atomic E-state index is 0. The molecule has 2 N–H and O–H groups in total. The number of pyridine rings is 2. The van der Waals surface area contributed by atoms with Gasteiger partial charge in [0.05, 0.1) is 119 Å². The third-order valence-electron chi connectivity index (χ3n) is 9.64. The number of halogens is 12. The average molecular weight is 1340 g/mol. The van der Waals surface area contributed by atoms with Gasteiger partial charge in [-0.25, -0.2) is 0 Å². The Kier molecular flexibility index (Phi) is 36.2. The molecule has 508 valence electrons. The van der Waals surface area contributed by atoms with E-state index in [0.29, 0.717) is 193 Å². The van der Waals surface area contributed by atoms with Crippen molar-refractivity contribution in [2.24, 2.45) is 0 Å².